The molecular weight excluding hydrogens is 352 g/mol. The molecule has 2 atom stereocenters. The van der Waals surface area contributed by atoms with Crippen LogP contribution >= 0.6 is 0 Å². The number of methoxy groups -OCH3 is 1. The average molecular weight is 380 g/mol. The van der Waals surface area contributed by atoms with Crippen LogP contribution in [0.2, 0.25) is 0 Å². The number of carbonyl (C=O) groups excluding carboxylic acids is 1. The van der Waals surface area contributed by atoms with Gasteiger partial charge in [0.25, 0.3) is 5.91 Å². The van der Waals surface area contributed by atoms with Crippen LogP contribution < -0.4 is 4.74 Å². The number of fused-ring (bicyclic) bond motifs is 2. The highest BCUT2D eigenvalue weighted by Crippen LogP contribution is 2.28. The predicted octanol–water partition coefficient (Wildman–Crippen LogP) is 3.04. The molecule has 5 heteroatoms. The Morgan fingerprint density at radius 1 is 1.07 bits per heavy atom. The number of piperazine rings is 1. The van der Waals surface area contributed by atoms with Crippen molar-refractivity contribution in [2.45, 2.75) is 32.5 Å². The molecule has 2 saturated heterocycles. The molecule has 4 rings (SSSR count). The lowest BCUT2D eigenvalue weighted by atomic mass is 9.99. The van der Waals surface area contributed by atoms with Crippen molar-refractivity contribution in [1.29, 1.82) is 0 Å². The summed E-state index contributed by atoms with van der Waals surface area (Å²) < 4.78 is 11.2. The van der Waals surface area contributed by atoms with Gasteiger partial charge in [-0.05, 0) is 42.7 Å². The zero-order chi connectivity index (χ0) is 19.7. The van der Waals surface area contributed by atoms with Gasteiger partial charge in [0.05, 0.1) is 32.4 Å². The molecule has 0 radical (unpaired) electrons. The molecule has 0 unspecified atom stereocenters. The molecule has 1 amide bonds. The summed E-state index contributed by atoms with van der Waals surface area (Å²) in [6.07, 6.45) is 0. The second-order valence-corrected chi connectivity index (χ2v) is 7.88. The third kappa shape index (κ3) is 3.64. The average Bonchev–Trinajstić information content (AvgIpc) is 2.67. The first-order chi connectivity index (χ1) is 13.6. The van der Waals surface area contributed by atoms with E-state index in [0.717, 1.165) is 42.1 Å². The molecule has 2 aromatic carbocycles. The summed E-state index contributed by atoms with van der Waals surface area (Å²) in [5, 5.41) is 0. The zero-order valence-electron chi connectivity index (χ0n) is 16.9. The van der Waals surface area contributed by atoms with Crippen molar-refractivity contribution in [3.05, 3.63) is 64.7 Å². The monoisotopic (exact) mass is 380 g/mol. The molecule has 0 saturated carbocycles. The van der Waals surface area contributed by atoms with Crippen LogP contribution in [0.15, 0.2) is 42.5 Å². The van der Waals surface area contributed by atoms with Crippen LogP contribution in [0.5, 0.6) is 5.75 Å². The fourth-order valence-corrected chi connectivity index (χ4v) is 4.60. The van der Waals surface area contributed by atoms with Crippen molar-refractivity contribution in [2.24, 2.45) is 0 Å². The van der Waals surface area contributed by atoms with Crippen molar-refractivity contribution < 1.29 is 14.3 Å². The van der Waals surface area contributed by atoms with Gasteiger partial charge in [-0.2, -0.15) is 0 Å². The maximum Gasteiger partial charge on any atom is 0.254 e. The first kappa shape index (κ1) is 19.0. The van der Waals surface area contributed by atoms with Gasteiger partial charge in [-0.3, -0.25) is 9.69 Å². The van der Waals surface area contributed by atoms with E-state index in [-0.39, 0.29) is 18.0 Å². The maximum absolute atomic E-state index is 13.4. The Balaban J connectivity index is 1.53. The highest BCUT2D eigenvalue weighted by atomic mass is 16.5. The topological polar surface area (TPSA) is 42.0 Å². The number of rotatable bonds is 4. The van der Waals surface area contributed by atoms with Crippen LogP contribution in [0.1, 0.15) is 27.0 Å². The van der Waals surface area contributed by atoms with Crippen molar-refractivity contribution >= 4 is 5.91 Å². The number of amides is 1. The second kappa shape index (κ2) is 7.94. The van der Waals surface area contributed by atoms with Crippen molar-refractivity contribution in [2.75, 3.05) is 33.4 Å². The Morgan fingerprint density at radius 3 is 2.25 bits per heavy atom. The standard InChI is InChI=1S/C23H28N2O3/c1-16-9-19(10-17(2)22(16)27-3)23(26)25-20-12-24(13-21(25)15-28-14-20)11-18-7-5-4-6-8-18/h4-10,20-21H,11-15H2,1-3H3/t20-,21-/m0/s1. The molecule has 2 bridgehead atoms. The summed E-state index contributed by atoms with van der Waals surface area (Å²) >= 11 is 0. The van der Waals surface area contributed by atoms with Crippen LogP contribution in [0.25, 0.3) is 0 Å². The molecule has 5 nitrogen and oxygen atoms in total. The van der Waals surface area contributed by atoms with E-state index in [1.165, 1.54) is 5.56 Å². The van der Waals surface area contributed by atoms with Crippen LogP contribution in [-0.4, -0.2) is 61.2 Å². The molecule has 2 fully saturated rings. The summed E-state index contributed by atoms with van der Waals surface area (Å²) in [5.41, 5.74) is 4.04. The predicted molar refractivity (Wildman–Crippen MR) is 109 cm³/mol. The molecule has 2 aliphatic rings. The number of ether oxygens (including phenoxy) is 2. The summed E-state index contributed by atoms with van der Waals surface area (Å²) in [6.45, 7) is 7.77. The van der Waals surface area contributed by atoms with Gasteiger partial charge in [0, 0.05) is 25.2 Å². The van der Waals surface area contributed by atoms with Gasteiger partial charge in [-0.1, -0.05) is 30.3 Å². The van der Waals surface area contributed by atoms with Gasteiger partial charge < -0.3 is 14.4 Å². The van der Waals surface area contributed by atoms with E-state index in [2.05, 4.69) is 34.1 Å². The van der Waals surface area contributed by atoms with E-state index >= 15 is 0 Å². The quantitative estimate of drug-likeness (QED) is 0.818. The summed E-state index contributed by atoms with van der Waals surface area (Å²) in [6, 6.07) is 14.6. The minimum Gasteiger partial charge on any atom is -0.496 e. The Bertz CT molecular complexity index is 815. The Morgan fingerprint density at radius 2 is 1.68 bits per heavy atom. The third-order valence-corrected chi connectivity index (χ3v) is 5.74. The van der Waals surface area contributed by atoms with Crippen LogP contribution in [0.4, 0.5) is 0 Å². The van der Waals surface area contributed by atoms with E-state index in [4.69, 9.17) is 9.47 Å². The Hall–Kier alpha value is -2.37. The van der Waals surface area contributed by atoms with Crippen LogP contribution in [0.3, 0.4) is 0 Å². The fraction of sp³-hybridized carbons (Fsp3) is 0.435. The number of aryl methyl sites for hydroxylation is 2. The second-order valence-electron chi connectivity index (χ2n) is 7.88. The van der Waals surface area contributed by atoms with E-state index in [1.54, 1.807) is 7.11 Å². The molecule has 2 aliphatic heterocycles. The molecule has 148 valence electrons. The van der Waals surface area contributed by atoms with Crippen LogP contribution in [0, 0.1) is 13.8 Å². The van der Waals surface area contributed by atoms with Gasteiger partial charge in [0.2, 0.25) is 0 Å². The largest absolute Gasteiger partial charge is 0.496 e. The number of hydrogen-bond acceptors (Lipinski definition) is 4. The van der Waals surface area contributed by atoms with Gasteiger partial charge >= 0.3 is 0 Å². The van der Waals surface area contributed by atoms with E-state index < -0.39 is 0 Å². The highest BCUT2D eigenvalue weighted by Gasteiger charge is 2.41. The first-order valence-corrected chi connectivity index (χ1v) is 9.88. The van der Waals surface area contributed by atoms with E-state index in [1.807, 2.05) is 32.0 Å². The number of morpholine rings is 1. The van der Waals surface area contributed by atoms with E-state index in [9.17, 15) is 4.79 Å². The number of hydrogen-bond donors (Lipinski definition) is 0. The number of carbonyl (C=O) groups is 1. The number of nitrogens with zero attached hydrogens (tertiary/aromatic N) is 2. The van der Waals surface area contributed by atoms with Crippen LogP contribution in [-0.2, 0) is 11.3 Å². The molecule has 2 aromatic rings. The number of benzene rings is 2. The fourth-order valence-electron chi connectivity index (χ4n) is 4.60. The zero-order valence-corrected chi connectivity index (χ0v) is 16.9. The first-order valence-electron chi connectivity index (χ1n) is 9.88. The SMILES string of the molecule is COc1c(C)cc(C(=O)N2[C@@H]3COC[C@@H]2CN(Cc2ccccc2)C3)cc1C. The molecule has 0 N–H and O–H groups in total. The molecule has 0 aliphatic carbocycles. The Labute approximate surface area is 166 Å². The lowest BCUT2D eigenvalue weighted by Gasteiger charge is -2.49. The Kier molecular flexibility index (Phi) is 5.38. The third-order valence-electron chi connectivity index (χ3n) is 5.74. The van der Waals surface area contributed by atoms with Crippen molar-refractivity contribution in [3.8, 4) is 5.75 Å². The molecule has 0 spiro atoms. The molecule has 28 heavy (non-hydrogen) atoms. The smallest absolute Gasteiger partial charge is 0.254 e. The van der Waals surface area contributed by atoms with Crippen molar-refractivity contribution in [1.82, 2.24) is 9.80 Å². The highest BCUT2D eigenvalue weighted by molar-refractivity contribution is 5.95. The minimum absolute atomic E-state index is 0.0893. The lowest BCUT2D eigenvalue weighted by molar-refractivity contribution is -0.0814. The normalized spacial score (nSPS) is 22.2. The maximum atomic E-state index is 13.4. The summed E-state index contributed by atoms with van der Waals surface area (Å²) in [4.78, 5) is 17.9. The van der Waals surface area contributed by atoms with Gasteiger partial charge in [0.15, 0.2) is 0 Å². The minimum atomic E-state index is 0.0893. The molecule has 0 aromatic heterocycles. The summed E-state index contributed by atoms with van der Waals surface area (Å²) in [5.74, 6) is 0.958. The summed E-state index contributed by atoms with van der Waals surface area (Å²) in [7, 11) is 1.67. The van der Waals surface area contributed by atoms with Gasteiger partial charge in [-0.15, -0.1) is 0 Å². The van der Waals surface area contributed by atoms with Crippen molar-refractivity contribution in [3.63, 3.8) is 0 Å². The van der Waals surface area contributed by atoms with Gasteiger partial charge in [-0.25, -0.2) is 0 Å². The molecular formula is C23H28N2O3. The van der Waals surface area contributed by atoms with E-state index in [0.29, 0.717) is 13.2 Å². The molecule has 2 heterocycles. The van der Waals surface area contributed by atoms with Gasteiger partial charge in [0.1, 0.15) is 5.75 Å². The lowest BCUT2D eigenvalue weighted by Crippen LogP contribution is -2.65.